The number of aliphatic hydroxyl groups excluding tert-OH is 1. The largest absolute Gasteiger partial charge is 0.294 e. The maximum atomic E-state index is 10.4. The number of hydrogen-bond acceptors (Lipinski definition) is 3. The molecule has 0 saturated carbocycles. The van der Waals surface area contributed by atoms with Crippen LogP contribution in [0.25, 0.3) is 0 Å². The van der Waals surface area contributed by atoms with Gasteiger partial charge in [0, 0.05) is 0 Å². The minimum absolute atomic E-state index is 0.0741. The van der Waals surface area contributed by atoms with Gasteiger partial charge in [0.05, 0.1) is 4.90 Å². The van der Waals surface area contributed by atoms with E-state index in [1.54, 1.807) is 18.2 Å². The molecular weight excluding hydrogens is 407 g/mol. The van der Waals surface area contributed by atoms with Gasteiger partial charge in [-0.05, 0) is 12.1 Å². The van der Waals surface area contributed by atoms with Crippen LogP contribution in [0.3, 0.4) is 0 Å². The van der Waals surface area contributed by atoms with Crippen LogP contribution in [-0.2, 0) is 10.1 Å². The van der Waals surface area contributed by atoms with E-state index in [1.165, 1.54) is 117 Å². The maximum absolute atomic E-state index is 10.4. The second kappa shape index (κ2) is 18.6. The van der Waals surface area contributed by atoms with Gasteiger partial charge in [0.1, 0.15) is 0 Å². The van der Waals surface area contributed by atoms with E-state index in [4.69, 9.17) is 4.55 Å². The Bertz CT molecular complexity index is 605. The molecule has 0 aliphatic carbocycles. The average Bonchev–Trinajstić information content (AvgIpc) is 2.69. The summed E-state index contributed by atoms with van der Waals surface area (Å²) in [6.45, 7) is 6.55. The van der Waals surface area contributed by atoms with E-state index < -0.39 is 10.1 Å². The number of benzene rings is 1. The molecule has 0 fully saturated rings. The zero-order valence-corrected chi connectivity index (χ0v) is 22.5. The van der Waals surface area contributed by atoms with Gasteiger partial charge in [-0.25, -0.2) is 0 Å². The van der Waals surface area contributed by atoms with Gasteiger partial charge >= 0.3 is 139 Å². The van der Waals surface area contributed by atoms with Crippen molar-refractivity contribution in [1.29, 1.82) is 0 Å². The molecule has 0 bridgehead atoms. The third-order valence-corrected chi connectivity index (χ3v) is 7.55. The van der Waals surface area contributed by atoms with Crippen molar-refractivity contribution in [1.82, 2.24) is 0 Å². The standard InChI is InChI=1S/C18H37O.C6H6O3S.Na/c1-4-6-8-9-10-11-12-14-16-18(17(3)19)15-13-7-5-2;7-10(8,9)6-4-2-1-3-5-6;/h13,17-19H,4-12,14-16H2,1-3H3;1-5H,(H,7,8,9);. The van der Waals surface area contributed by atoms with Crippen LogP contribution in [0.5, 0.6) is 0 Å². The van der Waals surface area contributed by atoms with Crippen molar-refractivity contribution in [2.24, 2.45) is 5.92 Å². The fraction of sp³-hybridized carbons (Fsp3) is 0.750. The fourth-order valence-corrected chi connectivity index (χ4v) is 5.50. The summed E-state index contributed by atoms with van der Waals surface area (Å²) in [7, 11) is -4.00. The summed E-state index contributed by atoms with van der Waals surface area (Å²) in [5.74, 6) is 0.559. The van der Waals surface area contributed by atoms with Crippen molar-refractivity contribution >= 4 is 38.0 Å². The summed E-state index contributed by atoms with van der Waals surface area (Å²) in [6.07, 6.45) is 16.2. The Morgan fingerprint density at radius 3 is 1.83 bits per heavy atom. The third-order valence-electron chi connectivity index (χ3n) is 5.64. The first-order valence-electron chi connectivity index (χ1n) is 11.9. The van der Waals surface area contributed by atoms with E-state index >= 15 is 0 Å². The van der Waals surface area contributed by atoms with E-state index in [9.17, 15) is 13.5 Å². The van der Waals surface area contributed by atoms with Crippen molar-refractivity contribution in [2.75, 3.05) is 0 Å². The summed E-state index contributed by atoms with van der Waals surface area (Å²) in [5, 5.41) is 9.94. The monoisotopic (exact) mass is 450 g/mol. The molecule has 1 aromatic carbocycles. The summed E-state index contributed by atoms with van der Waals surface area (Å²) < 4.78 is 30.1. The van der Waals surface area contributed by atoms with Crippen LogP contribution in [0.15, 0.2) is 35.2 Å². The molecule has 1 aromatic rings. The molecule has 0 aliphatic rings. The van der Waals surface area contributed by atoms with Gasteiger partial charge in [0.2, 0.25) is 0 Å². The predicted molar refractivity (Wildman–Crippen MR) is 128 cm³/mol. The Morgan fingerprint density at radius 2 is 1.40 bits per heavy atom. The summed E-state index contributed by atoms with van der Waals surface area (Å²) in [6, 6.07) is 7.42. The second-order valence-electron chi connectivity index (χ2n) is 8.68. The van der Waals surface area contributed by atoms with Gasteiger partial charge in [0.25, 0.3) is 10.1 Å². The van der Waals surface area contributed by atoms with Gasteiger partial charge < -0.3 is 0 Å². The molecule has 0 aromatic heterocycles. The normalized spacial score (nSPS) is 14.5. The maximum Gasteiger partial charge on any atom is 0.294 e. The van der Waals surface area contributed by atoms with Gasteiger partial charge in [-0.3, -0.25) is 4.55 Å². The van der Waals surface area contributed by atoms with Crippen LogP contribution in [0.2, 0.25) is 3.17 Å². The van der Waals surface area contributed by atoms with Crippen LogP contribution in [0.1, 0.15) is 97.8 Å². The quantitative estimate of drug-likeness (QED) is 0.179. The average molecular weight is 451 g/mol. The smallest absolute Gasteiger partial charge is 0.282 e. The van der Waals surface area contributed by atoms with Crippen molar-refractivity contribution in [2.45, 2.75) is 112 Å². The number of aliphatic hydroxyl groups is 1. The molecule has 1 rings (SSSR count). The molecule has 4 nitrogen and oxygen atoms in total. The van der Waals surface area contributed by atoms with Crippen molar-refractivity contribution in [3.05, 3.63) is 30.3 Å². The first-order valence-corrected chi connectivity index (χ1v) is 14.5. The summed E-state index contributed by atoms with van der Waals surface area (Å²) >= 11 is 1.29. The minimum Gasteiger partial charge on any atom is -0.282 e. The molecule has 3 unspecified atom stereocenters. The van der Waals surface area contributed by atoms with E-state index in [2.05, 4.69) is 13.8 Å². The molecule has 30 heavy (non-hydrogen) atoms. The summed E-state index contributed by atoms with van der Waals surface area (Å²) in [5.41, 5.74) is 0. The van der Waals surface area contributed by atoms with Crippen LogP contribution in [0.4, 0.5) is 0 Å². The predicted octanol–water partition coefficient (Wildman–Crippen LogP) is 6.59. The van der Waals surface area contributed by atoms with Crippen LogP contribution in [0, 0.1) is 5.92 Å². The Kier molecular flexibility index (Phi) is 18.7. The molecule has 3 atom stereocenters. The van der Waals surface area contributed by atoms with E-state index in [0.29, 0.717) is 5.92 Å². The molecule has 0 amide bonds. The van der Waals surface area contributed by atoms with E-state index in [1.807, 2.05) is 6.92 Å². The Labute approximate surface area is 203 Å². The van der Waals surface area contributed by atoms with Crippen molar-refractivity contribution in [3.63, 3.8) is 0 Å². The number of unbranched alkanes of at least 4 members (excludes halogenated alkanes) is 7. The zero-order valence-electron chi connectivity index (χ0n) is 19.7. The molecule has 170 valence electrons. The molecule has 2 N–H and O–H groups in total. The van der Waals surface area contributed by atoms with Crippen molar-refractivity contribution < 1.29 is 18.1 Å². The number of hydrogen-bond donors (Lipinski definition) is 2. The Balaban J connectivity index is 0.000000696. The molecular formula is C24H43NaO4S. The fourth-order valence-electron chi connectivity index (χ4n) is 3.82. The first-order chi connectivity index (χ1) is 14.2. The molecule has 0 aliphatic heterocycles. The summed E-state index contributed by atoms with van der Waals surface area (Å²) in [4.78, 5) is -0.0741. The molecule has 0 radical (unpaired) electrons. The van der Waals surface area contributed by atoms with Gasteiger partial charge in [0.15, 0.2) is 0 Å². The Morgan fingerprint density at radius 1 is 0.867 bits per heavy atom. The molecule has 0 heterocycles. The van der Waals surface area contributed by atoms with Crippen LogP contribution < -0.4 is 0 Å². The zero-order chi connectivity index (χ0) is 22.8. The topological polar surface area (TPSA) is 74.6 Å². The second-order valence-corrected chi connectivity index (χ2v) is 11.7. The third kappa shape index (κ3) is 16.7. The van der Waals surface area contributed by atoms with Gasteiger partial charge in [-0.2, -0.15) is 8.42 Å². The van der Waals surface area contributed by atoms with E-state index in [-0.39, 0.29) is 11.0 Å². The molecule has 0 spiro atoms. The van der Waals surface area contributed by atoms with Crippen LogP contribution >= 0.6 is 0 Å². The molecule has 0 saturated heterocycles. The SMILES string of the molecule is CCCCCCCCCCC(C[CH]([Na])CCC)C(C)O.O=S(=O)(O)c1ccccc1. The van der Waals surface area contributed by atoms with Gasteiger partial charge in [-0.15, -0.1) is 0 Å². The molecule has 6 heteroatoms. The van der Waals surface area contributed by atoms with Crippen LogP contribution in [-0.4, -0.2) is 52.1 Å². The number of rotatable bonds is 15. The minimum atomic E-state index is -4.00. The van der Waals surface area contributed by atoms with Crippen molar-refractivity contribution in [3.8, 4) is 0 Å². The van der Waals surface area contributed by atoms with Gasteiger partial charge in [-0.1, -0.05) is 25.1 Å². The first kappa shape index (κ1) is 30.1. The Hall–Kier alpha value is 0.0900. The van der Waals surface area contributed by atoms with E-state index in [0.717, 1.165) is 3.17 Å².